The summed E-state index contributed by atoms with van der Waals surface area (Å²) in [6.07, 6.45) is -0.390. The number of aryl methyl sites for hydroxylation is 2. The third-order valence-electron chi connectivity index (χ3n) is 13.6. The number of pyridine rings is 2. The van der Waals surface area contributed by atoms with E-state index in [0.29, 0.717) is 11.1 Å². The molecule has 21 nitrogen and oxygen atoms in total. The molecule has 6 atom stereocenters. The van der Waals surface area contributed by atoms with Gasteiger partial charge >= 0.3 is 0 Å². The molecule has 2 fully saturated rings. The number of thioether (sulfide) groups is 2. The van der Waals surface area contributed by atoms with Crippen LogP contribution < -0.4 is 22.1 Å². The van der Waals surface area contributed by atoms with E-state index in [2.05, 4.69) is 30.6 Å². The maximum atomic E-state index is 15.0. The number of anilines is 2. The van der Waals surface area contributed by atoms with Gasteiger partial charge in [0.05, 0.1) is 34.1 Å². The molecule has 2 aromatic heterocycles. The predicted molar refractivity (Wildman–Crippen MR) is 311 cm³/mol. The molecule has 2 saturated heterocycles. The Morgan fingerprint density at radius 3 is 1.25 bits per heavy atom. The summed E-state index contributed by atoms with van der Waals surface area (Å²) in [6, 6.07) is 29.1. The summed E-state index contributed by atoms with van der Waals surface area (Å²) < 4.78 is 157. The summed E-state index contributed by atoms with van der Waals surface area (Å²) >= 11 is 2.24. The van der Waals surface area contributed by atoms with Crippen LogP contribution in [0.4, 0.5) is 37.7 Å². The van der Waals surface area contributed by atoms with E-state index < -0.39 is 90.7 Å². The summed E-state index contributed by atoms with van der Waals surface area (Å²) in [5, 5.41) is 23.2. The lowest BCUT2D eigenvalue weighted by Gasteiger charge is -2.37. The fraction of sp³-hybridized carbons (Fsp3) is 0.286. The minimum Gasteiger partial charge on any atom is -0.412 e. The van der Waals surface area contributed by atoms with Gasteiger partial charge in [-0.3, -0.25) is 18.7 Å². The van der Waals surface area contributed by atoms with Gasteiger partial charge in [-0.1, -0.05) is 58.9 Å². The number of benzene rings is 4. The molecule has 2 amide bonds. The third-order valence-corrected chi connectivity index (χ3v) is 17.2. The first-order valence-electron chi connectivity index (χ1n) is 25.3. The van der Waals surface area contributed by atoms with Gasteiger partial charge in [0.1, 0.15) is 58.4 Å². The van der Waals surface area contributed by atoms with E-state index in [9.17, 15) is 52.8 Å². The molecular formula is C56H54F6N10O11S4. The topological polar surface area (TPSA) is 367 Å². The number of amidine groups is 2. The molecule has 4 aromatic carbocycles. The number of carbonyl (C=O) groups excluding carboxylic acids is 2. The Morgan fingerprint density at radius 1 is 0.621 bits per heavy atom. The fourth-order valence-corrected chi connectivity index (χ4v) is 12.4. The number of fused-ring (bicyclic) bond motifs is 2. The number of nitriles is 2. The van der Waals surface area contributed by atoms with Gasteiger partial charge in [-0.05, 0) is 98.8 Å². The van der Waals surface area contributed by atoms with Crippen molar-refractivity contribution in [2.24, 2.45) is 33.3 Å². The normalized spacial score (nSPS) is 21.2. The number of rotatable bonds is 10. The summed E-state index contributed by atoms with van der Waals surface area (Å²) in [6.45, 7) is 4.67. The monoisotopic (exact) mass is 1280 g/mol. The van der Waals surface area contributed by atoms with Gasteiger partial charge in [0, 0.05) is 72.1 Å². The van der Waals surface area contributed by atoms with E-state index >= 15 is 0 Å². The van der Waals surface area contributed by atoms with E-state index in [-0.39, 0.29) is 84.2 Å². The Bertz CT molecular complexity index is 3640. The minimum atomic E-state index is -4.02. The van der Waals surface area contributed by atoms with Crippen LogP contribution in [-0.2, 0) is 40.8 Å². The number of carbonyl (C=O) groups is 2. The zero-order chi connectivity index (χ0) is 63.2. The van der Waals surface area contributed by atoms with Crippen molar-refractivity contribution >= 4 is 77.3 Å². The first-order chi connectivity index (χ1) is 40.3. The molecule has 31 heteroatoms. The maximum Gasteiger partial charge on any atom is 0.294 e. The standard InChI is InChI=1S/2C21H18F3N5O2S.2C7H8O3S.H2O/c2*1-20(23,24)17-14-9-32-19(26)29-21(14,10-31-17)13-6-12(3-4-15(13)22)28-18(30)16-5-2-11(7-25)8-27-16;2*1-6-2-4-7(5-3-6)11(8,9)10;/h2*2-6,8,14,17H,9-10H2,1H3,(H2,26,29)(H,28,30);2*2-5H,1H3,(H,8,9,10);1H2/t2*14-,17+,21-;;;/m11.../s1. The van der Waals surface area contributed by atoms with Gasteiger partial charge in [-0.15, -0.1) is 0 Å². The minimum absolute atomic E-state index is 0. The van der Waals surface area contributed by atoms with Crippen LogP contribution in [0.5, 0.6) is 0 Å². The molecule has 10 rings (SSSR count). The Hall–Kier alpha value is -7.98. The van der Waals surface area contributed by atoms with Crippen molar-refractivity contribution in [3.05, 3.63) is 178 Å². The molecule has 4 aliphatic rings. The highest BCUT2D eigenvalue weighted by molar-refractivity contribution is 8.14. The van der Waals surface area contributed by atoms with Gasteiger partial charge in [0.25, 0.3) is 43.9 Å². The highest BCUT2D eigenvalue weighted by Crippen LogP contribution is 2.53. The van der Waals surface area contributed by atoms with E-state index in [1.54, 1.807) is 24.3 Å². The Balaban J connectivity index is 0.000000205. The number of hydrogen-bond acceptors (Lipinski definition) is 18. The van der Waals surface area contributed by atoms with Crippen molar-refractivity contribution < 1.29 is 76.8 Å². The maximum absolute atomic E-state index is 15.0. The molecule has 0 bridgehead atoms. The number of hydrogen-bond donors (Lipinski definition) is 6. The highest BCUT2D eigenvalue weighted by Gasteiger charge is 2.61. The third kappa shape index (κ3) is 16.4. The SMILES string of the molecule is CC(F)(F)[C@H]1OC[C@]2(c3cc(NC(=O)c4ccc(C#N)cn4)ccc3F)N=C(N)SC[C@H]12.CC(F)(F)[C@H]1OC[C@]2(c3cc(NC(=O)c4ccc(C#N)cn4)ccc3F)N=C(N)SC[C@H]12.Cc1ccc(S(=O)(=O)O)cc1.Cc1ccc(S(=O)(=O)O)cc1.O. The van der Waals surface area contributed by atoms with Crippen LogP contribution in [0.3, 0.4) is 0 Å². The number of ether oxygens (including phenoxy) is 2. The second-order valence-corrected chi connectivity index (χ2v) is 24.8. The van der Waals surface area contributed by atoms with Gasteiger partial charge in [-0.25, -0.2) is 46.3 Å². The first kappa shape index (κ1) is 68.1. The van der Waals surface area contributed by atoms with Crippen LogP contribution in [-0.4, -0.2) is 112 Å². The number of nitrogens with zero attached hydrogens (tertiary/aromatic N) is 6. The Labute approximate surface area is 503 Å². The van der Waals surface area contributed by atoms with E-state index in [0.717, 1.165) is 60.6 Å². The molecule has 460 valence electrons. The zero-order valence-electron chi connectivity index (χ0n) is 46.1. The van der Waals surface area contributed by atoms with Gasteiger partial charge < -0.3 is 37.1 Å². The number of nitrogens with one attached hydrogen (secondary N) is 2. The van der Waals surface area contributed by atoms with Crippen molar-refractivity contribution in [3.63, 3.8) is 0 Å². The van der Waals surface area contributed by atoms with Crippen molar-refractivity contribution in [2.75, 3.05) is 35.4 Å². The summed E-state index contributed by atoms with van der Waals surface area (Å²) in [7, 11) is -8.04. The smallest absolute Gasteiger partial charge is 0.294 e. The predicted octanol–water partition coefficient (Wildman–Crippen LogP) is 8.20. The number of nitrogens with two attached hydrogens (primary N) is 2. The van der Waals surface area contributed by atoms with Crippen molar-refractivity contribution in [2.45, 2.75) is 72.6 Å². The average Bonchev–Trinajstić information content (AvgIpc) is 1.68. The van der Waals surface area contributed by atoms with Gasteiger partial charge in [0.15, 0.2) is 10.3 Å². The van der Waals surface area contributed by atoms with Crippen molar-refractivity contribution in [1.29, 1.82) is 10.5 Å². The van der Waals surface area contributed by atoms with Crippen LogP contribution in [0.1, 0.15) is 68.2 Å². The molecule has 0 radical (unpaired) electrons. The second kappa shape index (κ2) is 27.4. The molecule has 87 heavy (non-hydrogen) atoms. The number of halogens is 6. The summed E-state index contributed by atoms with van der Waals surface area (Å²) in [5.74, 6) is -10.1. The zero-order valence-corrected chi connectivity index (χ0v) is 49.3. The van der Waals surface area contributed by atoms with Crippen LogP contribution in [0.15, 0.2) is 141 Å². The van der Waals surface area contributed by atoms with Crippen LogP contribution >= 0.6 is 23.5 Å². The van der Waals surface area contributed by atoms with Crippen LogP contribution in [0.25, 0.3) is 0 Å². The lowest BCUT2D eigenvalue weighted by atomic mass is 9.77. The fourth-order valence-electron chi connectivity index (χ4n) is 9.41. The molecule has 6 aromatic rings. The van der Waals surface area contributed by atoms with Crippen molar-refractivity contribution in [1.82, 2.24) is 9.97 Å². The molecule has 4 aliphatic heterocycles. The quantitative estimate of drug-likeness (QED) is 0.0555. The first-order valence-corrected chi connectivity index (χ1v) is 30.1. The van der Waals surface area contributed by atoms with Crippen LogP contribution in [0, 0.1) is 60.0 Å². The largest absolute Gasteiger partial charge is 0.412 e. The summed E-state index contributed by atoms with van der Waals surface area (Å²) in [4.78, 5) is 41.5. The van der Waals surface area contributed by atoms with Gasteiger partial charge in [-0.2, -0.15) is 27.4 Å². The lowest BCUT2D eigenvalue weighted by Crippen LogP contribution is -2.46. The second-order valence-electron chi connectivity index (χ2n) is 19.9. The number of alkyl halides is 4. The lowest BCUT2D eigenvalue weighted by molar-refractivity contribution is -0.113. The molecule has 10 N–H and O–H groups in total. The van der Waals surface area contributed by atoms with E-state index in [1.165, 1.54) is 85.2 Å². The molecule has 0 unspecified atom stereocenters. The molecule has 0 aliphatic carbocycles. The molecular weight excluding hydrogens is 1230 g/mol. The average molecular weight is 1290 g/mol. The number of amides is 2. The molecule has 0 spiro atoms. The van der Waals surface area contributed by atoms with Gasteiger partial charge in [0.2, 0.25) is 0 Å². The van der Waals surface area contributed by atoms with Crippen LogP contribution in [0.2, 0.25) is 0 Å². The molecule has 6 heterocycles. The van der Waals surface area contributed by atoms with Crippen molar-refractivity contribution in [3.8, 4) is 12.1 Å². The van der Waals surface area contributed by atoms with E-state index in [4.69, 9.17) is 40.6 Å². The number of aliphatic imine (C=N–C) groups is 2. The Morgan fingerprint density at radius 2 is 0.966 bits per heavy atom. The highest BCUT2D eigenvalue weighted by atomic mass is 32.2. The summed E-state index contributed by atoms with van der Waals surface area (Å²) in [5.41, 5.74) is 12.0. The number of aromatic nitrogens is 2. The molecule has 0 saturated carbocycles. The Kier molecular flexibility index (Phi) is 21.4. The van der Waals surface area contributed by atoms with E-state index in [1.807, 2.05) is 26.0 Å².